The SMILES string of the molecule is COc1ccccc1N1CCN(CCCCC2CN(C)c3ccccc32)CC1. The lowest BCUT2D eigenvalue weighted by Crippen LogP contribution is -2.46. The molecule has 2 aliphatic heterocycles. The Morgan fingerprint density at radius 3 is 2.39 bits per heavy atom. The van der Waals surface area contributed by atoms with Gasteiger partial charge in [0.15, 0.2) is 0 Å². The maximum atomic E-state index is 5.53. The van der Waals surface area contributed by atoms with E-state index in [4.69, 9.17) is 4.74 Å². The number of benzene rings is 2. The monoisotopic (exact) mass is 379 g/mol. The first-order valence-corrected chi connectivity index (χ1v) is 10.7. The number of piperazine rings is 1. The highest BCUT2D eigenvalue weighted by Crippen LogP contribution is 2.37. The summed E-state index contributed by atoms with van der Waals surface area (Å²) in [5.74, 6) is 1.70. The average Bonchev–Trinajstić information content (AvgIpc) is 3.07. The average molecular weight is 380 g/mol. The van der Waals surface area contributed by atoms with E-state index in [1.807, 2.05) is 6.07 Å². The van der Waals surface area contributed by atoms with Crippen molar-refractivity contribution in [2.75, 3.05) is 63.2 Å². The molecule has 4 rings (SSSR count). The molecule has 150 valence electrons. The van der Waals surface area contributed by atoms with Crippen LogP contribution in [0.3, 0.4) is 0 Å². The van der Waals surface area contributed by atoms with Crippen LogP contribution in [0.2, 0.25) is 0 Å². The first kappa shape index (κ1) is 19.1. The molecule has 4 nitrogen and oxygen atoms in total. The zero-order chi connectivity index (χ0) is 19.3. The minimum atomic E-state index is 0.712. The molecule has 0 N–H and O–H groups in total. The molecule has 0 saturated carbocycles. The quantitative estimate of drug-likeness (QED) is 0.671. The second-order valence-corrected chi connectivity index (χ2v) is 8.13. The van der Waals surface area contributed by atoms with Crippen LogP contribution in [0.15, 0.2) is 48.5 Å². The summed E-state index contributed by atoms with van der Waals surface area (Å²) in [6.07, 6.45) is 3.93. The molecule has 0 aromatic heterocycles. The van der Waals surface area contributed by atoms with Gasteiger partial charge >= 0.3 is 0 Å². The molecule has 28 heavy (non-hydrogen) atoms. The molecule has 1 atom stereocenters. The van der Waals surface area contributed by atoms with Crippen LogP contribution in [0.25, 0.3) is 0 Å². The maximum absolute atomic E-state index is 5.53. The largest absolute Gasteiger partial charge is 0.495 e. The number of rotatable bonds is 7. The van der Waals surface area contributed by atoms with Gasteiger partial charge in [0.25, 0.3) is 0 Å². The van der Waals surface area contributed by atoms with Gasteiger partial charge in [-0.05, 0) is 43.1 Å². The van der Waals surface area contributed by atoms with Crippen LogP contribution in [-0.2, 0) is 0 Å². The summed E-state index contributed by atoms with van der Waals surface area (Å²) < 4.78 is 5.53. The lowest BCUT2D eigenvalue weighted by molar-refractivity contribution is 0.251. The predicted molar refractivity (Wildman–Crippen MR) is 118 cm³/mol. The van der Waals surface area contributed by atoms with Crippen molar-refractivity contribution in [3.8, 4) is 5.75 Å². The second kappa shape index (κ2) is 8.87. The van der Waals surface area contributed by atoms with Crippen LogP contribution < -0.4 is 14.5 Å². The van der Waals surface area contributed by atoms with Gasteiger partial charge in [-0.1, -0.05) is 36.8 Å². The van der Waals surface area contributed by atoms with Crippen LogP contribution in [0.4, 0.5) is 11.4 Å². The Morgan fingerprint density at radius 1 is 0.893 bits per heavy atom. The topological polar surface area (TPSA) is 19.0 Å². The third-order valence-electron chi connectivity index (χ3n) is 6.36. The molecule has 0 spiro atoms. The second-order valence-electron chi connectivity index (χ2n) is 8.13. The molecule has 1 fully saturated rings. The minimum Gasteiger partial charge on any atom is -0.495 e. The Bertz CT molecular complexity index is 770. The molecule has 0 radical (unpaired) electrons. The Kier molecular flexibility index (Phi) is 6.06. The van der Waals surface area contributed by atoms with Gasteiger partial charge < -0.3 is 14.5 Å². The van der Waals surface area contributed by atoms with E-state index in [1.165, 1.54) is 43.7 Å². The third-order valence-corrected chi connectivity index (χ3v) is 6.36. The van der Waals surface area contributed by atoms with Crippen molar-refractivity contribution >= 4 is 11.4 Å². The molecule has 0 aliphatic carbocycles. The fourth-order valence-electron chi connectivity index (χ4n) is 4.78. The Morgan fingerprint density at radius 2 is 1.61 bits per heavy atom. The molecule has 2 aliphatic rings. The number of anilines is 2. The van der Waals surface area contributed by atoms with E-state index in [9.17, 15) is 0 Å². The molecule has 4 heteroatoms. The van der Waals surface area contributed by atoms with Gasteiger partial charge in [-0.15, -0.1) is 0 Å². The molecule has 1 saturated heterocycles. The normalized spacial score (nSPS) is 19.7. The van der Waals surface area contributed by atoms with Gasteiger partial charge in [-0.3, -0.25) is 4.90 Å². The highest BCUT2D eigenvalue weighted by atomic mass is 16.5. The minimum absolute atomic E-state index is 0.712. The highest BCUT2D eigenvalue weighted by Gasteiger charge is 2.25. The van der Waals surface area contributed by atoms with Gasteiger partial charge in [-0.25, -0.2) is 0 Å². The zero-order valence-corrected chi connectivity index (χ0v) is 17.3. The van der Waals surface area contributed by atoms with Gasteiger partial charge in [0.05, 0.1) is 12.8 Å². The summed E-state index contributed by atoms with van der Waals surface area (Å²) in [4.78, 5) is 7.50. The molecule has 2 aromatic carbocycles. The summed E-state index contributed by atoms with van der Waals surface area (Å²) in [5, 5.41) is 0. The van der Waals surface area contributed by atoms with Crippen molar-refractivity contribution in [2.24, 2.45) is 0 Å². The maximum Gasteiger partial charge on any atom is 0.142 e. The third kappa shape index (κ3) is 4.12. The first-order valence-electron chi connectivity index (χ1n) is 10.7. The van der Waals surface area contributed by atoms with E-state index in [0.717, 1.165) is 31.9 Å². The zero-order valence-electron chi connectivity index (χ0n) is 17.3. The summed E-state index contributed by atoms with van der Waals surface area (Å²) in [6, 6.07) is 17.3. The Labute approximate surface area is 169 Å². The van der Waals surface area contributed by atoms with E-state index < -0.39 is 0 Å². The summed E-state index contributed by atoms with van der Waals surface area (Å²) in [7, 11) is 3.98. The van der Waals surface area contributed by atoms with E-state index in [-0.39, 0.29) is 0 Å². The number of likely N-dealkylation sites (N-methyl/N-ethyl adjacent to an activating group) is 1. The molecule has 2 aromatic rings. The lowest BCUT2D eigenvalue weighted by Gasteiger charge is -2.36. The lowest BCUT2D eigenvalue weighted by atomic mass is 9.95. The summed E-state index contributed by atoms with van der Waals surface area (Å²) in [5.41, 5.74) is 4.21. The molecule has 1 unspecified atom stereocenters. The van der Waals surface area contributed by atoms with Gasteiger partial charge in [0, 0.05) is 51.4 Å². The van der Waals surface area contributed by atoms with Gasteiger partial charge in [-0.2, -0.15) is 0 Å². The van der Waals surface area contributed by atoms with Crippen LogP contribution in [0, 0.1) is 0 Å². The van der Waals surface area contributed by atoms with Gasteiger partial charge in [0.2, 0.25) is 0 Å². The fraction of sp³-hybridized carbons (Fsp3) is 0.500. The highest BCUT2D eigenvalue weighted by molar-refractivity contribution is 5.59. The molecular formula is C24H33N3O. The van der Waals surface area contributed by atoms with E-state index >= 15 is 0 Å². The fourth-order valence-corrected chi connectivity index (χ4v) is 4.78. The van der Waals surface area contributed by atoms with E-state index in [0.29, 0.717) is 5.92 Å². The molecule has 0 amide bonds. The number of fused-ring (bicyclic) bond motifs is 1. The smallest absolute Gasteiger partial charge is 0.142 e. The van der Waals surface area contributed by atoms with Crippen LogP contribution >= 0.6 is 0 Å². The van der Waals surface area contributed by atoms with E-state index in [2.05, 4.69) is 64.2 Å². The van der Waals surface area contributed by atoms with Crippen molar-refractivity contribution in [1.82, 2.24) is 4.90 Å². The number of para-hydroxylation sites is 3. The molecule has 0 bridgehead atoms. The number of methoxy groups -OCH3 is 1. The number of ether oxygens (including phenoxy) is 1. The van der Waals surface area contributed by atoms with Crippen LogP contribution in [-0.4, -0.2) is 58.3 Å². The van der Waals surface area contributed by atoms with Crippen molar-refractivity contribution in [3.63, 3.8) is 0 Å². The standard InChI is InChI=1S/C24H33N3O/c1-25-19-20(21-10-3-4-11-22(21)25)9-7-8-14-26-15-17-27(18-16-26)23-12-5-6-13-24(23)28-2/h3-6,10-13,20H,7-9,14-19H2,1-2H3. The van der Waals surface area contributed by atoms with E-state index in [1.54, 1.807) is 12.7 Å². The molecule has 2 heterocycles. The number of hydrogen-bond donors (Lipinski definition) is 0. The van der Waals surface area contributed by atoms with Crippen molar-refractivity contribution < 1.29 is 4.74 Å². The first-order chi connectivity index (χ1) is 13.8. The number of hydrogen-bond acceptors (Lipinski definition) is 4. The predicted octanol–water partition coefficient (Wildman–Crippen LogP) is 4.22. The van der Waals surface area contributed by atoms with Gasteiger partial charge in [0.1, 0.15) is 5.75 Å². The Hall–Kier alpha value is -2.20. The Balaban J connectivity index is 1.20. The van der Waals surface area contributed by atoms with Crippen molar-refractivity contribution in [1.29, 1.82) is 0 Å². The van der Waals surface area contributed by atoms with Crippen molar-refractivity contribution in [3.05, 3.63) is 54.1 Å². The number of unbranched alkanes of at least 4 members (excludes halogenated alkanes) is 1. The molecular weight excluding hydrogens is 346 g/mol. The summed E-state index contributed by atoms with van der Waals surface area (Å²) in [6.45, 7) is 6.86. The van der Waals surface area contributed by atoms with Crippen LogP contribution in [0.5, 0.6) is 5.75 Å². The van der Waals surface area contributed by atoms with Crippen LogP contribution in [0.1, 0.15) is 30.7 Å². The number of nitrogens with zero attached hydrogens (tertiary/aromatic N) is 3. The van der Waals surface area contributed by atoms with Crippen molar-refractivity contribution in [2.45, 2.75) is 25.2 Å². The summed E-state index contributed by atoms with van der Waals surface area (Å²) >= 11 is 0.